The molecule has 1 heterocycles. The average Bonchev–Trinajstić information content (AvgIpc) is 3.27. The highest BCUT2D eigenvalue weighted by atomic mass is 19.1. The van der Waals surface area contributed by atoms with Gasteiger partial charge < -0.3 is 9.73 Å². The lowest BCUT2D eigenvalue weighted by molar-refractivity contribution is 0.0985. The topological polar surface area (TPSA) is 45.5 Å². The first-order chi connectivity index (χ1) is 15.5. The largest absolute Gasteiger partial charge is 0.455 e. The Hall–Kier alpha value is -2.92. The zero-order valence-electron chi connectivity index (χ0n) is 18.9. The van der Waals surface area contributed by atoms with Crippen LogP contribution in [0.4, 0.5) is 10.1 Å². The monoisotopic (exact) mass is 434 g/mol. The molecular weight excluding hydrogens is 403 g/mol. The van der Waals surface area contributed by atoms with Crippen molar-refractivity contribution >= 4 is 11.6 Å². The van der Waals surface area contributed by atoms with Crippen LogP contribution < -0.4 is 5.32 Å². The predicted octanol–water partition coefficient (Wildman–Crippen LogP) is 6.62. The Labute approximate surface area is 189 Å². The number of carbonyl (C=O) groups excluding carboxylic acids is 1. The van der Waals surface area contributed by atoms with Crippen molar-refractivity contribution in [3.8, 4) is 0 Å². The Kier molecular flexibility index (Phi) is 7.05. The third-order valence-electron chi connectivity index (χ3n) is 6.40. The van der Waals surface area contributed by atoms with Gasteiger partial charge in [0.1, 0.15) is 11.6 Å². The van der Waals surface area contributed by atoms with Crippen LogP contribution in [0.1, 0.15) is 65.1 Å². The summed E-state index contributed by atoms with van der Waals surface area (Å²) in [6.45, 7) is 5.43. The molecule has 0 atom stereocenters. The first-order valence-electron chi connectivity index (χ1n) is 11.4. The van der Waals surface area contributed by atoms with Gasteiger partial charge in [-0.1, -0.05) is 37.5 Å². The number of amides is 1. The molecule has 4 rings (SSSR count). The lowest BCUT2D eigenvalue weighted by atomic mass is 9.93. The fourth-order valence-corrected chi connectivity index (χ4v) is 4.38. The van der Waals surface area contributed by atoms with E-state index in [2.05, 4.69) is 10.2 Å². The average molecular weight is 435 g/mol. The maximum absolute atomic E-state index is 13.3. The van der Waals surface area contributed by atoms with Crippen molar-refractivity contribution in [2.75, 3.05) is 5.32 Å². The molecule has 0 unspecified atom stereocenters. The molecule has 1 aliphatic carbocycles. The first-order valence-corrected chi connectivity index (χ1v) is 11.4. The van der Waals surface area contributed by atoms with Gasteiger partial charge in [0, 0.05) is 18.3 Å². The van der Waals surface area contributed by atoms with E-state index in [0.29, 0.717) is 18.3 Å². The summed E-state index contributed by atoms with van der Waals surface area (Å²) in [4.78, 5) is 15.1. The Bertz CT molecular complexity index is 1050. The molecular formula is C27H31FN2O2. The van der Waals surface area contributed by atoms with Crippen molar-refractivity contribution in [3.05, 3.63) is 88.6 Å². The summed E-state index contributed by atoms with van der Waals surface area (Å²) in [5.74, 6) is 0.609. The smallest absolute Gasteiger partial charge is 0.291 e. The summed E-state index contributed by atoms with van der Waals surface area (Å²) in [6.07, 6.45) is 6.05. The number of halogens is 1. The van der Waals surface area contributed by atoms with E-state index in [1.165, 1.54) is 37.0 Å². The molecule has 4 nitrogen and oxygen atoms in total. The molecule has 5 heteroatoms. The molecule has 0 aliphatic heterocycles. The van der Waals surface area contributed by atoms with Crippen LogP contribution in [0.15, 0.2) is 59.0 Å². The molecule has 0 bridgehead atoms. The zero-order chi connectivity index (χ0) is 22.5. The van der Waals surface area contributed by atoms with Gasteiger partial charge in [0.25, 0.3) is 5.91 Å². The van der Waals surface area contributed by atoms with Gasteiger partial charge in [0.15, 0.2) is 5.76 Å². The second-order valence-electron chi connectivity index (χ2n) is 8.84. The summed E-state index contributed by atoms with van der Waals surface area (Å²) < 4.78 is 19.3. The van der Waals surface area contributed by atoms with Crippen molar-refractivity contribution in [1.82, 2.24) is 4.90 Å². The van der Waals surface area contributed by atoms with Gasteiger partial charge >= 0.3 is 0 Å². The minimum atomic E-state index is -0.248. The number of furan rings is 1. The highest BCUT2D eigenvalue weighted by Gasteiger charge is 2.23. The van der Waals surface area contributed by atoms with Gasteiger partial charge in [-0.3, -0.25) is 9.69 Å². The fourth-order valence-electron chi connectivity index (χ4n) is 4.38. The minimum Gasteiger partial charge on any atom is -0.455 e. The molecule has 1 amide bonds. The summed E-state index contributed by atoms with van der Waals surface area (Å²) in [7, 11) is 0. The lowest BCUT2D eigenvalue weighted by Gasteiger charge is -2.34. The number of carbonyl (C=O) groups is 1. The van der Waals surface area contributed by atoms with E-state index >= 15 is 0 Å². The van der Waals surface area contributed by atoms with Gasteiger partial charge in [-0.15, -0.1) is 0 Å². The molecule has 0 radical (unpaired) electrons. The van der Waals surface area contributed by atoms with Crippen LogP contribution in [-0.2, 0) is 13.1 Å². The SMILES string of the molecule is Cc1ccc(NC(=O)c2ccc(CN(Cc3ccc(F)cc3)C3CCCCC3)o2)cc1C. The van der Waals surface area contributed by atoms with E-state index in [-0.39, 0.29) is 11.7 Å². The third-order valence-corrected chi connectivity index (χ3v) is 6.40. The normalized spacial score (nSPS) is 14.6. The van der Waals surface area contributed by atoms with Crippen LogP contribution in [0.3, 0.4) is 0 Å². The molecule has 32 heavy (non-hydrogen) atoms. The molecule has 2 aromatic carbocycles. The number of hydrogen-bond acceptors (Lipinski definition) is 3. The summed E-state index contributed by atoms with van der Waals surface area (Å²) in [5.41, 5.74) is 4.16. The van der Waals surface area contributed by atoms with E-state index in [4.69, 9.17) is 4.42 Å². The summed E-state index contributed by atoms with van der Waals surface area (Å²) in [5, 5.41) is 2.92. The predicted molar refractivity (Wildman–Crippen MR) is 125 cm³/mol. The second-order valence-corrected chi connectivity index (χ2v) is 8.84. The number of aryl methyl sites for hydroxylation is 2. The number of rotatable bonds is 7. The first kappa shape index (κ1) is 22.3. The van der Waals surface area contributed by atoms with Crippen LogP contribution in [0, 0.1) is 19.7 Å². The molecule has 3 aromatic rings. The molecule has 1 saturated carbocycles. The van der Waals surface area contributed by atoms with Crippen LogP contribution in [-0.4, -0.2) is 16.8 Å². The Morgan fingerprint density at radius 3 is 2.44 bits per heavy atom. The molecule has 1 fully saturated rings. The van der Waals surface area contributed by atoms with Crippen molar-refractivity contribution in [2.24, 2.45) is 0 Å². The van der Waals surface area contributed by atoms with E-state index < -0.39 is 0 Å². The number of hydrogen-bond donors (Lipinski definition) is 1. The Morgan fingerprint density at radius 1 is 0.969 bits per heavy atom. The van der Waals surface area contributed by atoms with Crippen LogP contribution in [0.5, 0.6) is 0 Å². The van der Waals surface area contributed by atoms with Gasteiger partial charge in [0.2, 0.25) is 0 Å². The Morgan fingerprint density at radius 2 is 1.72 bits per heavy atom. The molecule has 168 valence electrons. The van der Waals surface area contributed by atoms with Crippen molar-refractivity contribution in [2.45, 2.75) is 65.1 Å². The number of anilines is 1. The molecule has 1 N–H and O–H groups in total. The van der Waals surface area contributed by atoms with Crippen molar-refractivity contribution < 1.29 is 13.6 Å². The Balaban J connectivity index is 1.45. The standard InChI is InChI=1S/C27H31FN2O2/c1-19-8-13-23(16-20(19)2)29-27(31)26-15-14-25(32-26)18-30(24-6-4-3-5-7-24)17-21-9-11-22(28)12-10-21/h8-16,24H,3-7,17-18H2,1-2H3,(H,29,31). The highest BCUT2D eigenvalue weighted by molar-refractivity contribution is 6.02. The van der Waals surface area contributed by atoms with E-state index in [1.54, 1.807) is 6.07 Å². The molecule has 1 aromatic heterocycles. The van der Waals surface area contributed by atoms with Crippen LogP contribution in [0.25, 0.3) is 0 Å². The van der Waals surface area contributed by atoms with Crippen LogP contribution >= 0.6 is 0 Å². The van der Waals surface area contributed by atoms with Gasteiger partial charge in [-0.25, -0.2) is 4.39 Å². The van der Waals surface area contributed by atoms with E-state index in [9.17, 15) is 9.18 Å². The van der Waals surface area contributed by atoms with E-state index in [0.717, 1.165) is 42.0 Å². The molecule has 1 aliphatic rings. The molecule has 0 spiro atoms. The lowest BCUT2D eigenvalue weighted by Crippen LogP contribution is -2.35. The van der Waals surface area contributed by atoms with Gasteiger partial charge in [-0.05, 0) is 79.8 Å². The summed E-state index contributed by atoms with van der Waals surface area (Å²) in [6, 6.07) is 16.7. The van der Waals surface area contributed by atoms with Gasteiger partial charge in [-0.2, -0.15) is 0 Å². The number of nitrogens with zero attached hydrogens (tertiary/aromatic N) is 1. The van der Waals surface area contributed by atoms with Gasteiger partial charge in [0.05, 0.1) is 6.54 Å². The van der Waals surface area contributed by atoms with Crippen molar-refractivity contribution in [3.63, 3.8) is 0 Å². The molecule has 0 saturated heterocycles. The maximum Gasteiger partial charge on any atom is 0.291 e. The van der Waals surface area contributed by atoms with E-state index in [1.807, 2.05) is 50.2 Å². The maximum atomic E-state index is 13.3. The number of benzene rings is 2. The van der Waals surface area contributed by atoms with Crippen LogP contribution in [0.2, 0.25) is 0 Å². The highest BCUT2D eigenvalue weighted by Crippen LogP contribution is 2.26. The zero-order valence-corrected chi connectivity index (χ0v) is 18.9. The van der Waals surface area contributed by atoms with Crippen molar-refractivity contribution in [1.29, 1.82) is 0 Å². The summed E-state index contributed by atoms with van der Waals surface area (Å²) >= 11 is 0. The second kappa shape index (κ2) is 10.1. The third kappa shape index (κ3) is 5.65. The number of nitrogens with one attached hydrogen (secondary N) is 1. The quantitative estimate of drug-likeness (QED) is 0.454. The fraction of sp³-hybridized carbons (Fsp3) is 0.370. The minimum absolute atomic E-state index is 0.219.